The van der Waals surface area contributed by atoms with Crippen molar-refractivity contribution in [1.29, 1.82) is 0 Å². The molecule has 1 aliphatic rings. The highest BCUT2D eigenvalue weighted by Gasteiger charge is 2.29. The van der Waals surface area contributed by atoms with Crippen molar-refractivity contribution >= 4 is 33.5 Å². The number of anilines is 1. The third-order valence-electron chi connectivity index (χ3n) is 6.69. The van der Waals surface area contributed by atoms with Gasteiger partial charge in [-0.1, -0.05) is 12.1 Å². The Labute approximate surface area is 214 Å². The van der Waals surface area contributed by atoms with E-state index in [2.05, 4.69) is 35.5 Å². The van der Waals surface area contributed by atoms with Gasteiger partial charge >= 0.3 is 0 Å². The van der Waals surface area contributed by atoms with Crippen molar-refractivity contribution in [1.82, 2.24) is 30.1 Å². The maximum Gasteiger partial charge on any atom is 0.227 e. The first-order chi connectivity index (χ1) is 18.6. The Morgan fingerprint density at radius 1 is 0.974 bits per heavy atom. The molecule has 0 saturated heterocycles. The van der Waals surface area contributed by atoms with Gasteiger partial charge in [-0.25, -0.2) is 13.8 Å². The maximum absolute atomic E-state index is 16.0. The maximum atomic E-state index is 16.0. The molecule has 38 heavy (non-hydrogen) atoms. The van der Waals surface area contributed by atoms with Crippen molar-refractivity contribution in [3.05, 3.63) is 78.8 Å². The fraction of sp³-hybridized carbons (Fsp3) is 0.107. The zero-order chi connectivity index (χ0) is 25.8. The van der Waals surface area contributed by atoms with Crippen LogP contribution < -0.4 is 5.32 Å². The Bertz CT molecular complexity index is 1870. The average Bonchev–Trinajstić information content (AvgIpc) is 3.54. The molecule has 0 aliphatic heterocycles. The van der Waals surface area contributed by atoms with E-state index in [0.29, 0.717) is 50.4 Å². The molecule has 10 heteroatoms. The predicted octanol–water partition coefficient (Wildman–Crippen LogP) is 5.86. The number of pyridine rings is 2. The summed E-state index contributed by atoms with van der Waals surface area (Å²) >= 11 is 0. The topological polar surface area (TPSA) is 112 Å². The third kappa shape index (κ3) is 3.69. The van der Waals surface area contributed by atoms with Crippen LogP contribution in [0.4, 0.5) is 14.5 Å². The SMILES string of the molecule is O=C(Nc1cncc(-c2ccc3[nH]nc(-c4nc5c(-c6ccccc6F)nccc5[nH]4)c3c2F)c1)C1CC1. The molecule has 3 N–H and O–H groups in total. The van der Waals surface area contributed by atoms with E-state index in [1.54, 1.807) is 61.1 Å². The minimum Gasteiger partial charge on any atom is -0.336 e. The summed E-state index contributed by atoms with van der Waals surface area (Å²) in [7, 11) is 0. The number of carbonyl (C=O) groups is 1. The zero-order valence-corrected chi connectivity index (χ0v) is 19.8. The molecule has 1 aliphatic carbocycles. The largest absolute Gasteiger partial charge is 0.336 e. The van der Waals surface area contributed by atoms with Crippen LogP contribution in [0, 0.1) is 17.6 Å². The Hall–Kier alpha value is -4.99. The summed E-state index contributed by atoms with van der Waals surface area (Å²) in [6.45, 7) is 0. The van der Waals surface area contributed by atoms with Crippen LogP contribution in [0.5, 0.6) is 0 Å². The number of halogens is 2. The monoisotopic (exact) mass is 507 g/mol. The second-order valence-corrected chi connectivity index (χ2v) is 9.27. The zero-order valence-electron chi connectivity index (χ0n) is 19.8. The van der Waals surface area contributed by atoms with Gasteiger partial charge in [0.15, 0.2) is 5.82 Å². The fourth-order valence-corrected chi connectivity index (χ4v) is 4.61. The van der Waals surface area contributed by atoms with Gasteiger partial charge in [0.05, 0.1) is 28.3 Å². The third-order valence-corrected chi connectivity index (χ3v) is 6.69. The summed E-state index contributed by atoms with van der Waals surface area (Å²) in [6.07, 6.45) is 6.42. The van der Waals surface area contributed by atoms with E-state index in [9.17, 15) is 9.18 Å². The molecular weight excluding hydrogens is 488 g/mol. The van der Waals surface area contributed by atoms with Crippen LogP contribution in [0.2, 0.25) is 0 Å². The predicted molar refractivity (Wildman–Crippen MR) is 139 cm³/mol. The van der Waals surface area contributed by atoms with Gasteiger partial charge in [0, 0.05) is 35.0 Å². The lowest BCUT2D eigenvalue weighted by Gasteiger charge is -2.08. The van der Waals surface area contributed by atoms with Crippen molar-refractivity contribution in [3.8, 4) is 33.9 Å². The normalized spacial score (nSPS) is 13.3. The minimum absolute atomic E-state index is 0.0399. The second-order valence-electron chi connectivity index (χ2n) is 9.27. The highest BCUT2D eigenvalue weighted by atomic mass is 19.1. The number of H-pyrrole nitrogens is 2. The number of imidazole rings is 1. The van der Waals surface area contributed by atoms with Crippen LogP contribution in [-0.4, -0.2) is 36.0 Å². The number of hydrogen-bond donors (Lipinski definition) is 3. The summed E-state index contributed by atoms with van der Waals surface area (Å²) in [6, 6.07) is 13.1. The number of benzene rings is 2. The van der Waals surface area contributed by atoms with Crippen LogP contribution in [0.15, 0.2) is 67.1 Å². The van der Waals surface area contributed by atoms with Crippen molar-refractivity contribution < 1.29 is 13.6 Å². The fourth-order valence-electron chi connectivity index (χ4n) is 4.61. The van der Waals surface area contributed by atoms with Gasteiger partial charge in [0.25, 0.3) is 0 Å². The Balaban J connectivity index is 1.33. The Morgan fingerprint density at radius 2 is 1.84 bits per heavy atom. The number of nitrogens with zero attached hydrogens (tertiary/aromatic N) is 4. The molecule has 0 unspecified atom stereocenters. The first kappa shape index (κ1) is 22.2. The molecule has 1 saturated carbocycles. The lowest BCUT2D eigenvalue weighted by atomic mass is 10.0. The molecule has 0 bridgehead atoms. The summed E-state index contributed by atoms with van der Waals surface area (Å²) < 4.78 is 30.6. The van der Waals surface area contributed by atoms with Crippen LogP contribution >= 0.6 is 0 Å². The van der Waals surface area contributed by atoms with Gasteiger partial charge in [-0.2, -0.15) is 5.10 Å². The summed E-state index contributed by atoms with van der Waals surface area (Å²) in [5.74, 6) is -0.616. The highest BCUT2D eigenvalue weighted by Crippen LogP contribution is 2.36. The average molecular weight is 508 g/mol. The number of hydrogen-bond acceptors (Lipinski definition) is 5. The molecule has 8 nitrogen and oxygen atoms in total. The van der Waals surface area contributed by atoms with Gasteiger partial charge < -0.3 is 10.3 Å². The lowest BCUT2D eigenvalue weighted by molar-refractivity contribution is -0.117. The number of aromatic nitrogens is 6. The first-order valence-corrected chi connectivity index (χ1v) is 12.1. The van der Waals surface area contributed by atoms with Crippen molar-refractivity contribution in [2.75, 3.05) is 5.32 Å². The van der Waals surface area contributed by atoms with Crippen molar-refractivity contribution in [2.45, 2.75) is 12.8 Å². The smallest absolute Gasteiger partial charge is 0.227 e. The van der Waals surface area contributed by atoms with E-state index in [0.717, 1.165) is 12.8 Å². The molecule has 6 aromatic rings. The minimum atomic E-state index is -0.508. The molecule has 1 fully saturated rings. The van der Waals surface area contributed by atoms with Crippen LogP contribution in [0.3, 0.4) is 0 Å². The van der Waals surface area contributed by atoms with Crippen molar-refractivity contribution in [3.63, 3.8) is 0 Å². The van der Waals surface area contributed by atoms with Gasteiger partial charge in [0.1, 0.15) is 28.5 Å². The first-order valence-electron chi connectivity index (χ1n) is 12.1. The van der Waals surface area contributed by atoms with E-state index in [1.807, 2.05) is 0 Å². The molecule has 2 aromatic carbocycles. The molecule has 0 atom stereocenters. The van der Waals surface area contributed by atoms with Gasteiger partial charge in [-0.15, -0.1) is 0 Å². The quantitative estimate of drug-likeness (QED) is 0.271. The van der Waals surface area contributed by atoms with E-state index < -0.39 is 11.6 Å². The number of carbonyl (C=O) groups excluding carboxylic acids is 1. The molecular formula is C28H19F2N7O. The van der Waals surface area contributed by atoms with Crippen LogP contribution in [-0.2, 0) is 4.79 Å². The standard InChI is InChI=1S/C28H19F2N7O/c29-19-4-2-1-3-18(19)24-25-21(9-10-32-24)34-27(35-25)26-22-20(36-37-26)8-7-17(23(22)30)15-11-16(13-31-12-15)33-28(38)14-5-6-14/h1-4,7-14H,5-6H2,(H,33,38)(H,34,35)(H,36,37). The number of fused-ring (bicyclic) bond motifs is 2. The molecule has 4 aromatic heterocycles. The molecule has 4 heterocycles. The molecule has 7 rings (SSSR count). The van der Waals surface area contributed by atoms with E-state index >= 15 is 4.39 Å². The van der Waals surface area contributed by atoms with E-state index in [4.69, 9.17) is 0 Å². The van der Waals surface area contributed by atoms with E-state index in [1.165, 1.54) is 6.07 Å². The van der Waals surface area contributed by atoms with Gasteiger partial charge in [-0.3, -0.25) is 19.9 Å². The summed E-state index contributed by atoms with van der Waals surface area (Å²) in [5.41, 5.74) is 3.85. The number of amides is 1. The second kappa shape index (κ2) is 8.55. The van der Waals surface area contributed by atoms with Gasteiger partial charge in [0.2, 0.25) is 5.91 Å². The number of nitrogens with one attached hydrogen (secondary N) is 3. The molecule has 0 spiro atoms. The summed E-state index contributed by atoms with van der Waals surface area (Å²) in [4.78, 5) is 28.5. The summed E-state index contributed by atoms with van der Waals surface area (Å²) in [5, 5.41) is 10.3. The van der Waals surface area contributed by atoms with Crippen molar-refractivity contribution in [2.24, 2.45) is 5.92 Å². The number of rotatable bonds is 5. The molecule has 0 radical (unpaired) electrons. The Morgan fingerprint density at radius 3 is 2.68 bits per heavy atom. The van der Waals surface area contributed by atoms with Gasteiger partial charge in [-0.05, 0) is 49.2 Å². The lowest BCUT2D eigenvalue weighted by Crippen LogP contribution is -2.13. The molecule has 186 valence electrons. The Kier molecular flexibility index (Phi) is 5.00. The van der Waals surface area contributed by atoms with Crippen LogP contribution in [0.1, 0.15) is 12.8 Å². The van der Waals surface area contributed by atoms with E-state index in [-0.39, 0.29) is 22.9 Å². The highest BCUT2D eigenvalue weighted by molar-refractivity contribution is 5.98. The number of aromatic amines is 2. The van der Waals surface area contributed by atoms with Crippen LogP contribution in [0.25, 0.3) is 55.8 Å². The molecule has 1 amide bonds.